The highest BCUT2D eigenvalue weighted by Gasteiger charge is 2.21. The van der Waals surface area contributed by atoms with E-state index >= 15 is 0 Å². The number of anilines is 1. The number of thioether (sulfide) groups is 1. The van der Waals surface area contributed by atoms with E-state index < -0.39 is 0 Å². The third-order valence-electron chi connectivity index (χ3n) is 5.45. The largest absolute Gasteiger partial charge is 0.327 e. The average Bonchev–Trinajstić information content (AvgIpc) is 3.09. The molecule has 0 aliphatic carbocycles. The third-order valence-corrected chi connectivity index (χ3v) is 6.66. The number of para-hydroxylation sites is 1. The molecule has 3 aromatic carbocycles. The molecule has 0 spiro atoms. The number of carbonyl (C=O) groups excluding carboxylic acids is 1. The van der Waals surface area contributed by atoms with Gasteiger partial charge in [-0.25, -0.2) is 4.98 Å². The summed E-state index contributed by atoms with van der Waals surface area (Å²) >= 11 is 1.34. The number of fused-ring (bicyclic) bond motifs is 4. The molecule has 0 saturated carbocycles. The molecule has 7 heteroatoms. The maximum absolute atomic E-state index is 13.1. The lowest BCUT2D eigenvalue weighted by Crippen LogP contribution is -2.25. The van der Waals surface area contributed by atoms with E-state index in [1.807, 2.05) is 85.3 Å². The van der Waals surface area contributed by atoms with E-state index in [1.165, 1.54) is 11.8 Å². The van der Waals surface area contributed by atoms with E-state index in [-0.39, 0.29) is 11.2 Å². The predicted octanol–water partition coefficient (Wildman–Crippen LogP) is 5.18. The van der Waals surface area contributed by atoms with Gasteiger partial charge in [-0.2, -0.15) is 0 Å². The maximum Gasteiger partial charge on any atom is 0.237 e. The molecule has 154 valence electrons. The van der Waals surface area contributed by atoms with Gasteiger partial charge in [0.2, 0.25) is 11.1 Å². The van der Waals surface area contributed by atoms with Crippen LogP contribution in [0.15, 0.2) is 71.9 Å². The second-order valence-electron chi connectivity index (χ2n) is 7.37. The first kappa shape index (κ1) is 19.5. The highest BCUT2D eigenvalue weighted by molar-refractivity contribution is 8.00. The lowest BCUT2D eigenvalue weighted by atomic mass is 10.1. The molecule has 1 amide bonds. The maximum atomic E-state index is 13.1. The van der Waals surface area contributed by atoms with Crippen LogP contribution in [0.2, 0.25) is 0 Å². The van der Waals surface area contributed by atoms with Crippen LogP contribution in [0.4, 0.5) is 5.69 Å². The lowest BCUT2D eigenvalue weighted by Gasteiger charge is -2.15. The van der Waals surface area contributed by atoms with Crippen molar-refractivity contribution in [3.63, 3.8) is 0 Å². The molecule has 0 fully saturated rings. The molecule has 0 aliphatic rings. The number of hydrogen-bond acceptors (Lipinski definition) is 5. The fraction of sp³-hybridized carbons (Fsp3) is 0.167. The summed E-state index contributed by atoms with van der Waals surface area (Å²) in [5.41, 5.74) is 3.41. The van der Waals surface area contributed by atoms with Gasteiger partial charge in [0, 0.05) is 23.5 Å². The first-order valence-electron chi connectivity index (χ1n) is 10.2. The quantitative estimate of drug-likeness (QED) is 0.391. The SMILES string of the molecule is CC[C@H](Sc1nnc2c3ccccc3n(C)c2n1)C(=O)Nc1cccc2ccccc12. The number of hydrogen-bond donors (Lipinski definition) is 1. The van der Waals surface area contributed by atoms with Crippen molar-refractivity contribution < 1.29 is 4.79 Å². The number of amides is 1. The van der Waals surface area contributed by atoms with Gasteiger partial charge in [-0.1, -0.05) is 73.3 Å². The molecular formula is C24H21N5OS. The first-order valence-corrected chi connectivity index (χ1v) is 11.1. The molecule has 5 aromatic rings. The minimum atomic E-state index is -0.326. The van der Waals surface area contributed by atoms with Crippen molar-refractivity contribution in [3.8, 4) is 0 Å². The van der Waals surface area contributed by atoms with Crippen LogP contribution in [0.5, 0.6) is 0 Å². The molecule has 1 atom stereocenters. The summed E-state index contributed by atoms with van der Waals surface area (Å²) < 4.78 is 2.01. The van der Waals surface area contributed by atoms with Gasteiger partial charge in [-0.15, -0.1) is 10.2 Å². The molecule has 0 saturated heterocycles. The normalized spacial score (nSPS) is 12.5. The number of nitrogens with zero attached hydrogens (tertiary/aromatic N) is 4. The Balaban J connectivity index is 1.42. The van der Waals surface area contributed by atoms with Gasteiger partial charge < -0.3 is 9.88 Å². The molecule has 5 rings (SSSR count). The smallest absolute Gasteiger partial charge is 0.237 e. The molecule has 0 aliphatic heterocycles. The number of nitrogens with one attached hydrogen (secondary N) is 1. The summed E-state index contributed by atoms with van der Waals surface area (Å²) in [7, 11) is 1.97. The monoisotopic (exact) mass is 427 g/mol. The minimum absolute atomic E-state index is 0.0652. The van der Waals surface area contributed by atoms with Crippen LogP contribution in [0, 0.1) is 0 Å². The minimum Gasteiger partial charge on any atom is -0.327 e. The van der Waals surface area contributed by atoms with E-state index in [0.29, 0.717) is 11.6 Å². The second-order valence-corrected chi connectivity index (χ2v) is 8.54. The van der Waals surface area contributed by atoms with E-state index in [2.05, 4.69) is 15.5 Å². The molecule has 2 heterocycles. The fourth-order valence-corrected chi connectivity index (χ4v) is 4.65. The number of aryl methyl sites for hydroxylation is 1. The van der Waals surface area contributed by atoms with Crippen molar-refractivity contribution in [2.75, 3.05) is 5.32 Å². The van der Waals surface area contributed by atoms with Gasteiger partial charge in [-0.05, 0) is 23.9 Å². The summed E-state index contributed by atoms with van der Waals surface area (Å²) in [5.74, 6) is -0.0652. The van der Waals surface area contributed by atoms with Crippen LogP contribution in [-0.2, 0) is 11.8 Å². The van der Waals surface area contributed by atoms with Crippen molar-refractivity contribution >= 4 is 56.2 Å². The first-order chi connectivity index (χ1) is 15.2. The van der Waals surface area contributed by atoms with Crippen molar-refractivity contribution in [1.29, 1.82) is 0 Å². The molecule has 6 nitrogen and oxygen atoms in total. The summed E-state index contributed by atoms with van der Waals surface area (Å²) in [6.07, 6.45) is 0.651. The molecule has 31 heavy (non-hydrogen) atoms. The van der Waals surface area contributed by atoms with Crippen LogP contribution in [0.1, 0.15) is 13.3 Å². The highest BCUT2D eigenvalue weighted by Crippen LogP contribution is 2.29. The van der Waals surface area contributed by atoms with Gasteiger partial charge >= 0.3 is 0 Å². The van der Waals surface area contributed by atoms with E-state index in [9.17, 15) is 4.79 Å². The van der Waals surface area contributed by atoms with Gasteiger partial charge in [0.1, 0.15) is 5.52 Å². The Kier molecular flexibility index (Phi) is 5.03. The number of benzene rings is 3. The van der Waals surface area contributed by atoms with Crippen LogP contribution in [0.25, 0.3) is 32.8 Å². The van der Waals surface area contributed by atoms with E-state index in [1.54, 1.807) is 0 Å². The average molecular weight is 428 g/mol. The van der Waals surface area contributed by atoms with Crippen LogP contribution in [0.3, 0.4) is 0 Å². The zero-order valence-corrected chi connectivity index (χ0v) is 18.1. The summed E-state index contributed by atoms with van der Waals surface area (Å²) in [6.45, 7) is 1.99. The number of carbonyl (C=O) groups is 1. The fourth-order valence-electron chi connectivity index (χ4n) is 3.84. The number of rotatable bonds is 5. The Labute approximate surface area is 183 Å². The van der Waals surface area contributed by atoms with Crippen molar-refractivity contribution in [1.82, 2.24) is 19.7 Å². The van der Waals surface area contributed by atoms with Crippen LogP contribution in [-0.4, -0.2) is 30.9 Å². The second kappa shape index (κ2) is 8.00. The molecule has 0 unspecified atom stereocenters. The van der Waals surface area contributed by atoms with Gasteiger partial charge in [0.25, 0.3) is 0 Å². The van der Waals surface area contributed by atoms with Gasteiger partial charge in [0.15, 0.2) is 5.65 Å². The Bertz CT molecular complexity index is 1420. The van der Waals surface area contributed by atoms with E-state index in [4.69, 9.17) is 4.98 Å². The van der Waals surface area contributed by atoms with Crippen LogP contribution < -0.4 is 5.32 Å². The zero-order chi connectivity index (χ0) is 21.4. The Hall–Kier alpha value is -3.45. The standard InChI is InChI=1S/C24H21N5OS/c1-3-20(23(30)25-18-13-8-10-15-9-4-5-11-16(15)18)31-24-26-22-21(27-28-24)17-12-6-7-14-19(17)29(22)2/h4-14,20H,3H2,1-2H3,(H,25,30)/t20-/m0/s1. The summed E-state index contributed by atoms with van der Waals surface area (Å²) in [6, 6.07) is 22.0. The molecule has 2 aromatic heterocycles. The lowest BCUT2D eigenvalue weighted by molar-refractivity contribution is -0.115. The molecular weight excluding hydrogens is 406 g/mol. The molecule has 1 N–H and O–H groups in total. The van der Waals surface area contributed by atoms with Crippen LogP contribution >= 0.6 is 11.8 Å². The zero-order valence-electron chi connectivity index (χ0n) is 17.2. The third kappa shape index (κ3) is 3.51. The molecule has 0 radical (unpaired) electrons. The number of aromatic nitrogens is 4. The molecule has 0 bridgehead atoms. The Morgan fingerprint density at radius 1 is 1.00 bits per heavy atom. The Morgan fingerprint density at radius 3 is 2.58 bits per heavy atom. The Morgan fingerprint density at radius 2 is 1.74 bits per heavy atom. The highest BCUT2D eigenvalue weighted by atomic mass is 32.2. The van der Waals surface area contributed by atoms with Gasteiger partial charge in [-0.3, -0.25) is 4.79 Å². The summed E-state index contributed by atoms with van der Waals surface area (Å²) in [4.78, 5) is 17.8. The van der Waals surface area contributed by atoms with Gasteiger partial charge in [0.05, 0.1) is 10.8 Å². The van der Waals surface area contributed by atoms with E-state index in [0.717, 1.165) is 38.5 Å². The van der Waals surface area contributed by atoms with Crippen molar-refractivity contribution in [3.05, 3.63) is 66.7 Å². The van der Waals surface area contributed by atoms with Crippen molar-refractivity contribution in [2.24, 2.45) is 7.05 Å². The predicted molar refractivity (Wildman–Crippen MR) is 126 cm³/mol. The summed E-state index contributed by atoms with van der Waals surface area (Å²) in [5, 5.41) is 15.1. The van der Waals surface area contributed by atoms with Crippen molar-refractivity contribution in [2.45, 2.75) is 23.8 Å². The topological polar surface area (TPSA) is 72.7 Å².